The molecule has 0 radical (unpaired) electrons. The van der Waals surface area contributed by atoms with Gasteiger partial charge in [0, 0.05) is 18.8 Å². The molecule has 21 heavy (non-hydrogen) atoms. The Bertz CT molecular complexity index is 512. The molecule has 0 aromatic carbocycles. The molecule has 1 saturated heterocycles. The largest absolute Gasteiger partial charge is 0.379 e. The maximum absolute atomic E-state index is 11.5. The lowest BCUT2D eigenvalue weighted by atomic mass is 9.93. The number of carbonyl (C=O) groups is 1. The summed E-state index contributed by atoms with van der Waals surface area (Å²) in [6, 6.07) is 0.596. The van der Waals surface area contributed by atoms with Crippen LogP contribution in [-0.2, 0) is 4.74 Å². The number of amides is 1. The molecule has 3 rings (SSSR count). The van der Waals surface area contributed by atoms with E-state index >= 15 is 0 Å². The Balaban J connectivity index is 1.74. The number of anilines is 2. The minimum atomic E-state index is -0.510. The topological polar surface area (TPSA) is 102 Å². The molecule has 0 unspecified atom stereocenters. The van der Waals surface area contributed by atoms with E-state index in [-0.39, 0.29) is 6.04 Å². The predicted octanol–water partition coefficient (Wildman–Crippen LogP) is 1.13. The second-order valence-electron chi connectivity index (χ2n) is 5.65. The molecule has 1 saturated carbocycles. The van der Waals surface area contributed by atoms with E-state index in [1.807, 2.05) is 0 Å². The normalized spacial score (nSPS) is 22.4. The van der Waals surface area contributed by atoms with Crippen LogP contribution < -0.4 is 16.4 Å². The monoisotopic (exact) mass is 291 g/mol. The smallest absolute Gasteiger partial charge is 0.254 e. The number of hydrogen-bond donors (Lipinski definition) is 3. The third-order valence-electron chi connectivity index (χ3n) is 3.99. The first kappa shape index (κ1) is 14.1. The van der Waals surface area contributed by atoms with Gasteiger partial charge < -0.3 is 21.1 Å². The average molecular weight is 291 g/mol. The third-order valence-corrected chi connectivity index (χ3v) is 3.99. The van der Waals surface area contributed by atoms with E-state index in [0.717, 1.165) is 32.3 Å². The first-order valence-electron chi connectivity index (χ1n) is 7.50. The summed E-state index contributed by atoms with van der Waals surface area (Å²) in [5, 5.41) is 6.54. The molecule has 2 aliphatic rings. The maximum Gasteiger partial charge on any atom is 0.254 e. The van der Waals surface area contributed by atoms with E-state index in [1.54, 1.807) is 0 Å². The van der Waals surface area contributed by atoms with Crippen molar-refractivity contribution >= 4 is 17.7 Å². The molecule has 1 atom stereocenters. The van der Waals surface area contributed by atoms with Gasteiger partial charge in [-0.05, 0) is 32.1 Å². The van der Waals surface area contributed by atoms with Gasteiger partial charge >= 0.3 is 0 Å². The Labute approximate surface area is 123 Å². The zero-order chi connectivity index (χ0) is 14.7. The number of nitrogens with one attached hydrogen (secondary N) is 2. The van der Waals surface area contributed by atoms with Gasteiger partial charge in [-0.15, -0.1) is 0 Å². The molecule has 1 aliphatic carbocycles. The van der Waals surface area contributed by atoms with Gasteiger partial charge in [-0.2, -0.15) is 4.98 Å². The number of nitrogens with two attached hydrogens (primary N) is 1. The minimum absolute atomic E-state index is 0.217. The summed E-state index contributed by atoms with van der Waals surface area (Å²) in [5.74, 6) is 0.531. The molecule has 2 fully saturated rings. The number of nitrogens with zero attached hydrogens (tertiary/aromatic N) is 2. The lowest BCUT2D eigenvalue weighted by Crippen LogP contribution is -2.32. The zero-order valence-corrected chi connectivity index (χ0v) is 12.0. The predicted molar refractivity (Wildman–Crippen MR) is 79.3 cm³/mol. The zero-order valence-electron chi connectivity index (χ0n) is 12.0. The lowest BCUT2D eigenvalue weighted by Gasteiger charge is -2.28. The van der Waals surface area contributed by atoms with Crippen LogP contribution in [0.2, 0.25) is 0 Å². The average Bonchev–Trinajstić information content (AvgIpc) is 2.44. The molecular weight excluding hydrogens is 270 g/mol. The summed E-state index contributed by atoms with van der Waals surface area (Å²) in [6.07, 6.45) is 6.96. The highest BCUT2D eigenvalue weighted by Crippen LogP contribution is 2.24. The summed E-state index contributed by atoms with van der Waals surface area (Å²) in [6.45, 7) is 1.47. The van der Waals surface area contributed by atoms with Crippen molar-refractivity contribution in [2.45, 2.75) is 44.2 Å². The summed E-state index contributed by atoms with van der Waals surface area (Å²) in [5.41, 5.74) is 5.72. The lowest BCUT2D eigenvalue weighted by molar-refractivity contribution is 0.0874. The highest BCUT2D eigenvalue weighted by molar-refractivity contribution is 5.97. The van der Waals surface area contributed by atoms with Crippen LogP contribution >= 0.6 is 0 Å². The van der Waals surface area contributed by atoms with E-state index in [2.05, 4.69) is 20.6 Å². The Kier molecular flexibility index (Phi) is 4.19. The highest BCUT2D eigenvalue weighted by Gasteiger charge is 2.22. The second kappa shape index (κ2) is 6.26. The van der Waals surface area contributed by atoms with Crippen LogP contribution in [0.1, 0.15) is 42.5 Å². The molecule has 1 aromatic heterocycles. The molecular formula is C14H21N5O2. The first-order chi connectivity index (χ1) is 10.2. The van der Waals surface area contributed by atoms with Gasteiger partial charge in [0.2, 0.25) is 5.95 Å². The first-order valence-corrected chi connectivity index (χ1v) is 7.50. The van der Waals surface area contributed by atoms with Crippen molar-refractivity contribution in [1.82, 2.24) is 9.97 Å². The van der Waals surface area contributed by atoms with Gasteiger partial charge in [-0.3, -0.25) is 4.79 Å². The second-order valence-corrected chi connectivity index (χ2v) is 5.65. The fraction of sp³-hybridized carbons (Fsp3) is 0.643. The van der Waals surface area contributed by atoms with Gasteiger partial charge in [-0.25, -0.2) is 4.98 Å². The van der Waals surface area contributed by atoms with Crippen molar-refractivity contribution in [3.8, 4) is 0 Å². The van der Waals surface area contributed by atoms with Crippen LogP contribution in [0.3, 0.4) is 0 Å². The van der Waals surface area contributed by atoms with Crippen molar-refractivity contribution in [3.05, 3.63) is 11.8 Å². The molecule has 1 aliphatic heterocycles. The van der Waals surface area contributed by atoms with E-state index in [9.17, 15) is 4.79 Å². The van der Waals surface area contributed by atoms with Crippen molar-refractivity contribution < 1.29 is 9.53 Å². The van der Waals surface area contributed by atoms with Crippen LogP contribution in [0.25, 0.3) is 0 Å². The van der Waals surface area contributed by atoms with Crippen LogP contribution in [0.5, 0.6) is 0 Å². The number of hydrogen-bond acceptors (Lipinski definition) is 6. The summed E-state index contributed by atoms with van der Waals surface area (Å²) in [7, 11) is 0. The number of rotatable bonds is 5. The number of primary amides is 1. The fourth-order valence-electron chi connectivity index (χ4n) is 2.52. The van der Waals surface area contributed by atoms with Crippen molar-refractivity contribution in [3.63, 3.8) is 0 Å². The van der Waals surface area contributed by atoms with Crippen LogP contribution in [0, 0.1) is 0 Å². The maximum atomic E-state index is 11.5. The molecule has 7 nitrogen and oxygen atoms in total. The van der Waals surface area contributed by atoms with Gasteiger partial charge in [0.05, 0.1) is 18.2 Å². The van der Waals surface area contributed by atoms with E-state index in [1.165, 1.54) is 12.6 Å². The number of carbonyl (C=O) groups excluding carboxylic acids is 1. The Morgan fingerprint density at radius 1 is 1.24 bits per heavy atom. The Hall–Kier alpha value is -1.89. The minimum Gasteiger partial charge on any atom is -0.379 e. The van der Waals surface area contributed by atoms with Crippen molar-refractivity contribution in [1.29, 1.82) is 0 Å². The van der Waals surface area contributed by atoms with Crippen molar-refractivity contribution in [2.75, 3.05) is 23.8 Å². The molecule has 2 heterocycles. The number of aromatic nitrogens is 2. The summed E-state index contributed by atoms with van der Waals surface area (Å²) < 4.78 is 5.43. The van der Waals surface area contributed by atoms with Gasteiger partial charge in [-0.1, -0.05) is 0 Å². The third kappa shape index (κ3) is 3.41. The Morgan fingerprint density at radius 2 is 2.05 bits per heavy atom. The van der Waals surface area contributed by atoms with E-state index in [0.29, 0.717) is 30.0 Å². The molecule has 1 aromatic rings. The van der Waals surface area contributed by atoms with Crippen molar-refractivity contribution in [2.24, 2.45) is 5.73 Å². The number of ether oxygens (including phenoxy) is 1. The van der Waals surface area contributed by atoms with Crippen LogP contribution in [-0.4, -0.2) is 41.2 Å². The molecule has 4 N–H and O–H groups in total. The van der Waals surface area contributed by atoms with E-state index in [4.69, 9.17) is 10.5 Å². The van der Waals surface area contributed by atoms with Crippen LogP contribution in [0.4, 0.5) is 11.8 Å². The molecule has 7 heteroatoms. The van der Waals surface area contributed by atoms with Gasteiger partial charge in [0.25, 0.3) is 5.91 Å². The molecule has 0 spiro atoms. The highest BCUT2D eigenvalue weighted by atomic mass is 16.5. The SMILES string of the molecule is NC(=O)c1cnc(N[C@H]2CCCOC2)nc1NC1CCC1. The molecule has 0 bridgehead atoms. The molecule has 1 amide bonds. The Morgan fingerprint density at radius 3 is 2.67 bits per heavy atom. The summed E-state index contributed by atoms with van der Waals surface area (Å²) in [4.78, 5) is 20.1. The standard InChI is InChI=1S/C14H21N5O2/c15-12(20)11-7-16-14(18-10-5-2-6-21-8-10)19-13(11)17-9-3-1-4-9/h7,9-10H,1-6,8H2,(H2,15,20)(H2,16,17,18,19)/t10-/m0/s1. The fourth-order valence-corrected chi connectivity index (χ4v) is 2.52. The quantitative estimate of drug-likeness (QED) is 0.751. The van der Waals surface area contributed by atoms with Gasteiger partial charge in [0.1, 0.15) is 5.82 Å². The molecule has 114 valence electrons. The van der Waals surface area contributed by atoms with Crippen LogP contribution in [0.15, 0.2) is 6.20 Å². The van der Waals surface area contributed by atoms with Gasteiger partial charge in [0.15, 0.2) is 0 Å². The summed E-state index contributed by atoms with van der Waals surface area (Å²) >= 11 is 0. The van der Waals surface area contributed by atoms with E-state index < -0.39 is 5.91 Å².